The fourth-order valence-corrected chi connectivity index (χ4v) is 3.56. The van der Waals surface area contributed by atoms with Crippen LogP contribution in [0.15, 0.2) is 42.6 Å². The molecule has 2 aromatic carbocycles. The topological polar surface area (TPSA) is 84.7 Å². The lowest BCUT2D eigenvalue weighted by Gasteiger charge is -2.11. The van der Waals surface area contributed by atoms with E-state index in [0.717, 1.165) is 22.4 Å². The lowest BCUT2D eigenvalue weighted by molar-refractivity contribution is 0.156. The molecule has 0 aliphatic heterocycles. The number of rotatable bonds is 8. The Morgan fingerprint density at radius 2 is 1.93 bits per heavy atom. The molecule has 1 heterocycles. The Bertz CT molecular complexity index is 1030. The Morgan fingerprint density at radius 3 is 2.66 bits per heavy atom. The fraction of sp³-hybridized carbons (Fsp3) is 0.238. The Kier molecular flexibility index (Phi) is 7.59. The molecule has 1 unspecified atom stereocenters. The number of aromatic nitrogens is 2. The van der Waals surface area contributed by atoms with E-state index in [4.69, 9.17) is 28.5 Å². The van der Waals surface area contributed by atoms with Gasteiger partial charge in [0.25, 0.3) is 0 Å². The van der Waals surface area contributed by atoms with Gasteiger partial charge in [0.15, 0.2) is 0 Å². The molecular weight excluding hydrogens is 427 g/mol. The van der Waals surface area contributed by atoms with E-state index >= 15 is 0 Å². The maximum atomic E-state index is 10.0. The first-order chi connectivity index (χ1) is 14.0. The molecule has 0 radical (unpaired) electrons. The summed E-state index contributed by atoms with van der Waals surface area (Å²) in [5, 5.41) is 20.1. The molecule has 1 atom stereocenters. The van der Waals surface area contributed by atoms with Crippen LogP contribution >= 0.6 is 36.0 Å². The molecule has 0 saturated heterocycles. The summed E-state index contributed by atoms with van der Waals surface area (Å²) >= 11 is 16.4. The third-order valence-electron chi connectivity index (χ3n) is 4.63. The van der Waals surface area contributed by atoms with E-state index in [1.165, 1.54) is 0 Å². The van der Waals surface area contributed by atoms with Crippen LogP contribution in [0.3, 0.4) is 0 Å². The van der Waals surface area contributed by atoms with Gasteiger partial charge >= 0.3 is 0 Å². The van der Waals surface area contributed by atoms with Crippen LogP contribution in [0.25, 0.3) is 22.6 Å². The van der Waals surface area contributed by atoms with E-state index in [0.29, 0.717) is 47.2 Å². The molecule has 3 aromatic rings. The number of aliphatic hydroxyl groups is 1. The molecule has 3 rings (SSSR count). The lowest BCUT2D eigenvalue weighted by Crippen LogP contribution is -2.14. The zero-order valence-electron chi connectivity index (χ0n) is 15.5. The third kappa shape index (κ3) is 5.53. The van der Waals surface area contributed by atoms with Crippen LogP contribution in [0.5, 0.6) is 0 Å². The second kappa shape index (κ2) is 10.1. The molecule has 150 valence electrons. The largest absolute Gasteiger partial charge is 0.393 e. The fourth-order valence-electron chi connectivity index (χ4n) is 3.00. The molecular formula is C21H20Cl2N4OS. The smallest absolute Gasteiger partial charge is 0.137 e. The maximum Gasteiger partial charge on any atom is 0.137 e. The summed E-state index contributed by atoms with van der Waals surface area (Å²) in [6, 6.07) is 13.0. The summed E-state index contributed by atoms with van der Waals surface area (Å²) in [5.74, 6) is 0.707. The maximum absolute atomic E-state index is 10.0. The minimum absolute atomic E-state index is 0.404. The van der Waals surface area contributed by atoms with Gasteiger partial charge in [0.1, 0.15) is 11.9 Å². The van der Waals surface area contributed by atoms with Crippen molar-refractivity contribution < 1.29 is 5.11 Å². The molecule has 1 aromatic heterocycles. The van der Waals surface area contributed by atoms with Gasteiger partial charge in [0.2, 0.25) is 0 Å². The van der Waals surface area contributed by atoms with Gasteiger partial charge in [-0.2, -0.15) is 5.26 Å². The van der Waals surface area contributed by atoms with Crippen LogP contribution in [0.2, 0.25) is 10.0 Å². The highest BCUT2D eigenvalue weighted by atomic mass is 35.5. The number of H-pyrrole nitrogens is 1. The van der Waals surface area contributed by atoms with Gasteiger partial charge in [-0.1, -0.05) is 42.1 Å². The van der Waals surface area contributed by atoms with Crippen molar-refractivity contribution in [3.8, 4) is 28.7 Å². The Labute approximate surface area is 185 Å². The minimum atomic E-state index is -0.411. The molecule has 5 nitrogen and oxygen atoms in total. The van der Waals surface area contributed by atoms with Gasteiger partial charge in [0.05, 0.1) is 28.6 Å². The number of hydrogen-bond acceptors (Lipinski definition) is 5. The number of aryl methyl sites for hydroxylation is 1. The van der Waals surface area contributed by atoms with Gasteiger partial charge in [-0.3, -0.25) is 4.72 Å². The number of nitrogens with one attached hydrogen (secondary N) is 2. The Morgan fingerprint density at radius 1 is 1.14 bits per heavy atom. The average molecular weight is 447 g/mol. The van der Waals surface area contributed by atoms with Crippen LogP contribution in [-0.2, 0) is 6.42 Å². The molecule has 0 saturated carbocycles. The zero-order valence-corrected chi connectivity index (χ0v) is 17.9. The van der Waals surface area contributed by atoms with E-state index in [2.05, 4.69) is 33.6 Å². The van der Waals surface area contributed by atoms with Crippen molar-refractivity contribution in [1.29, 1.82) is 5.26 Å². The number of benzene rings is 2. The first-order valence-electron chi connectivity index (χ1n) is 9.10. The first-order valence-corrected chi connectivity index (χ1v) is 10.3. The Hall–Kier alpha value is -2.01. The third-order valence-corrected chi connectivity index (χ3v) is 5.54. The summed E-state index contributed by atoms with van der Waals surface area (Å²) in [6.45, 7) is 0.645. The molecule has 29 heavy (non-hydrogen) atoms. The van der Waals surface area contributed by atoms with E-state index in [-0.39, 0.29) is 0 Å². The highest BCUT2D eigenvalue weighted by Gasteiger charge is 2.11. The van der Waals surface area contributed by atoms with E-state index < -0.39 is 6.10 Å². The Balaban J connectivity index is 1.78. The summed E-state index contributed by atoms with van der Waals surface area (Å²) in [6.07, 6.45) is 3.24. The molecule has 3 N–H and O–H groups in total. The van der Waals surface area contributed by atoms with Gasteiger partial charge < -0.3 is 10.1 Å². The normalized spacial score (nSPS) is 12.0. The summed E-state index contributed by atoms with van der Waals surface area (Å²) < 4.78 is 2.74. The number of hydrogen-bond donors (Lipinski definition) is 4. The molecule has 0 amide bonds. The van der Waals surface area contributed by atoms with E-state index in [1.54, 1.807) is 18.3 Å². The van der Waals surface area contributed by atoms with Crippen molar-refractivity contribution in [1.82, 2.24) is 14.7 Å². The zero-order chi connectivity index (χ0) is 20.8. The van der Waals surface area contributed by atoms with Gasteiger partial charge in [-0.05, 0) is 55.2 Å². The average Bonchev–Trinajstić information content (AvgIpc) is 3.21. The minimum Gasteiger partial charge on any atom is -0.393 e. The van der Waals surface area contributed by atoms with Crippen LogP contribution in [0, 0.1) is 11.3 Å². The van der Waals surface area contributed by atoms with Crippen LogP contribution in [0.1, 0.15) is 24.0 Å². The number of nitriles is 1. The van der Waals surface area contributed by atoms with Crippen LogP contribution < -0.4 is 4.72 Å². The summed E-state index contributed by atoms with van der Waals surface area (Å²) in [4.78, 5) is 7.76. The number of imidazole rings is 1. The quantitative estimate of drug-likeness (QED) is 0.365. The van der Waals surface area contributed by atoms with Crippen molar-refractivity contribution in [3.05, 3.63) is 63.8 Å². The van der Waals surface area contributed by atoms with E-state index in [9.17, 15) is 5.11 Å². The van der Waals surface area contributed by atoms with Gasteiger partial charge in [-0.15, -0.1) is 0 Å². The number of nitrogens with zero attached hydrogens (tertiary/aromatic N) is 2. The van der Waals surface area contributed by atoms with Gasteiger partial charge in [0, 0.05) is 22.7 Å². The van der Waals surface area contributed by atoms with E-state index in [1.807, 2.05) is 24.3 Å². The number of halogens is 2. The monoisotopic (exact) mass is 446 g/mol. The van der Waals surface area contributed by atoms with Crippen molar-refractivity contribution in [2.24, 2.45) is 0 Å². The predicted molar refractivity (Wildman–Crippen MR) is 120 cm³/mol. The predicted octanol–water partition coefficient (Wildman–Crippen LogP) is 5.04. The molecule has 0 aliphatic carbocycles. The van der Waals surface area contributed by atoms with Gasteiger partial charge in [-0.25, -0.2) is 4.98 Å². The molecule has 8 heteroatoms. The number of thiol groups is 1. The van der Waals surface area contributed by atoms with Crippen molar-refractivity contribution in [2.75, 3.05) is 6.54 Å². The number of aliphatic hydroxyl groups excluding tert-OH is 1. The van der Waals surface area contributed by atoms with Crippen LogP contribution in [0.4, 0.5) is 0 Å². The van der Waals surface area contributed by atoms with Crippen molar-refractivity contribution >= 4 is 36.0 Å². The number of aromatic amines is 1. The first kappa shape index (κ1) is 21.7. The second-order valence-electron chi connectivity index (χ2n) is 6.65. The highest BCUT2D eigenvalue weighted by molar-refractivity contribution is 7.78. The second-order valence-corrected chi connectivity index (χ2v) is 7.78. The summed E-state index contributed by atoms with van der Waals surface area (Å²) in [5.41, 5.74) is 3.95. The highest BCUT2D eigenvalue weighted by Crippen LogP contribution is 2.28. The standard InChI is InChI=1S/C21H20Cl2N4OS/c22-18-6-4-15(9-13(18)3-5-17(28)7-8-26-29)21-25-12-20(27-21)14-1-2-16(11-24)19(23)10-14/h1-2,4,6,9-10,12,17,26,28-29H,3,5,7-8H2,(H,25,27). The van der Waals surface area contributed by atoms with Crippen molar-refractivity contribution in [2.45, 2.75) is 25.4 Å². The lowest BCUT2D eigenvalue weighted by atomic mass is 10.0. The molecule has 0 bridgehead atoms. The molecule has 0 aliphatic rings. The molecule has 0 fully saturated rings. The van der Waals surface area contributed by atoms with Crippen molar-refractivity contribution in [3.63, 3.8) is 0 Å². The van der Waals surface area contributed by atoms with Crippen LogP contribution in [-0.4, -0.2) is 27.7 Å². The summed E-state index contributed by atoms with van der Waals surface area (Å²) in [7, 11) is 0. The molecule has 0 spiro atoms. The SMILES string of the molecule is N#Cc1ccc(-c2cnc(-c3ccc(Cl)c(CCC(O)CCNS)c3)[nH]2)cc1Cl.